The van der Waals surface area contributed by atoms with Crippen molar-refractivity contribution in [2.75, 3.05) is 6.54 Å². The third kappa shape index (κ3) is 8.30. The summed E-state index contributed by atoms with van der Waals surface area (Å²) in [6.45, 7) is 15.9. The molecule has 1 aromatic carbocycles. The predicted molar refractivity (Wildman–Crippen MR) is 189 cm³/mol. The lowest BCUT2D eigenvalue weighted by molar-refractivity contribution is -0.143. The lowest BCUT2D eigenvalue weighted by Gasteiger charge is -2.36. The van der Waals surface area contributed by atoms with Crippen LogP contribution in [0.15, 0.2) is 66.3 Å². The topological polar surface area (TPSA) is 207 Å². The molecule has 17 heteroatoms. The molecule has 2 aliphatic rings. The van der Waals surface area contributed by atoms with E-state index in [1.807, 2.05) is 30.3 Å². The molecule has 0 bridgehead atoms. The number of sulfonamides is 1. The summed E-state index contributed by atoms with van der Waals surface area (Å²) in [5, 5.41) is 18.0. The Bertz CT molecular complexity index is 1950. The van der Waals surface area contributed by atoms with Crippen LogP contribution in [0.1, 0.15) is 66.0 Å². The monoisotopic (exact) mass is 735 g/mol. The molecule has 52 heavy (non-hydrogen) atoms. The zero-order valence-corrected chi connectivity index (χ0v) is 31.1. The van der Waals surface area contributed by atoms with Crippen molar-refractivity contribution in [1.82, 2.24) is 45.4 Å². The molecule has 0 unspecified atom stereocenters. The van der Waals surface area contributed by atoms with Crippen molar-refractivity contribution < 1.29 is 32.3 Å². The number of pyridine rings is 1. The summed E-state index contributed by atoms with van der Waals surface area (Å²) < 4.78 is 33.7. The van der Waals surface area contributed by atoms with Gasteiger partial charge in [-0.25, -0.2) is 14.5 Å². The number of hydrogen-bond acceptors (Lipinski definition) is 11. The molecule has 2 aromatic heterocycles. The van der Waals surface area contributed by atoms with Crippen molar-refractivity contribution in [3.05, 3.63) is 66.9 Å². The summed E-state index contributed by atoms with van der Waals surface area (Å²) in [4.78, 5) is 61.9. The molecule has 5 atom stereocenters. The number of aryl methyl sites for hydroxylation is 1. The Morgan fingerprint density at radius 3 is 2.33 bits per heavy atom. The number of likely N-dealkylation sites (tertiary alicyclic amines) is 1. The van der Waals surface area contributed by atoms with E-state index < -0.39 is 74.4 Å². The Morgan fingerprint density at radius 2 is 1.75 bits per heavy atom. The second-order valence-electron chi connectivity index (χ2n) is 15.3. The maximum atomic E-state index is 14.4. The van der Waals surface area contributed by atoms with Crippen molar-refractivity contribution in [1.29, 1.82) is 0 Å². The van der Waals surface area contributed by atoms with Gasteiger partial charge in [-0.2, -0.15) is 13.2 Å². The molecule has 0 radical (unpaired) electrons. The van der Waals surface area contributed by atoms with Crippen LogP contribution in [0.25, 0.3) is 11.4 Å². The minimum absolute atomic E-state index is 0.0213. The highest BCUT2D eigenvalue weighted by Gasteiger charge is 2.61. The first-order valence-corrected chi connectivity index (χ1v) is 18.3. The van der Waals surface area contributed by atoms with E-state index in [4.69, 9.17) is 4.74 Å². The predicted octanol–water partition coefficient (Wildman–Crippen LogP) is 2.69. The summed E-state index contributed by atoms with van der Waals surface area (Å²) in [7, 11) is -4.39. The van der Waals surface area contributed by atoms with Gasteiger partial charge >= 0.3 is 6.09 Å². The van der Waals surface area contributed by atoms with Gasteiger partial charge in [-0.15, -0.1) is 16.8 Å². The number of nitrogens with zero attached hydrogens (tertiary/aromatic N) is 6. The number of nitrogens with one attached hydrogen (secondary N) is 3. The number of carbonyl (C=O) groups is 4. The van der Waals surface area contributed by atoms with E-state index in [1.165, 1.54) is 28.0 Å². The van der Waals surface area contributed by atoms with Gasteiger partial charge in [-0.1, -0.05) is 63.2 Å². The lowest BCUT2D eigenvalue weighted by atomic mass is 9.85. The molecule has 1 aliphatic carbocycles. The molecule has 2 fully saturated rings. The Hall–Kier alpha value is -5.19. The molecule has 4 amide bonds. The minimum atomic E-state index is -4.39. The van der Waals surface area contributed by atoms with E-state index in [9.17, 15) is 27.6 Å². The van der Waals surface area contributed by atoms with Crippen LogP contribution >= 0.6 is 0 Å². The highest BCUT2D eigenvalue weighted by Crippen LogP contribution is 2.45. The molecular formula is C35H45N9O7S. The molecule has 5 rings (SSSR count). The standard InChI is InChI=1S/C35H45N9O7S/c1-9-23-18-35(23,31(47)41-52(49,50)26-16-15-21(2)19-36-26)38-29(45)25-17-24(44-40-28(39-42-44)22-13-11-10-12-14-22)20-43(25)30(46)27(33(3,4)5)37-32(48)51-34(6,7)8/h9-16,19,23-25,27H,1,17-18,20H2,2-8H3,(H,37,48)(H,38,45)(H,41,47)/t23-,24-,25+,27-,35-/m1/s1. The molecule has 3 heterocycles. The van der Waals surface area contributed by atoms with E-state index >= 15 is 0 Å². The first kappa shape index (κ1) is 38.1. The Balaban J connectivity index is 1.44. The van der Waals surface area contributed by atoms with Crippen LogP contribution in [0.3, 0.4) is 0 Å². The van der Waals surface area contributed by atoms with Gasteiger partial charge in [0, 0.05) is 30.6 Å². The third-order valence-corrected chi connectivity index (χ3v) is 10.1. The summed E-state index contributed by atoms with van der Waals surface area (Å²) in [6.07, 6.45) is 2.10. The van der Waals surface area contributed by atoms with Crippen LogP contribution < -0.4 is 15.4 Å². The maximum absolute atomic E-state index is 14.4. The summed E-state index contributed by atoms with van der Waals surface area (Å²) in [5.74, 6) is -2.51. The van der Waals surface area contributed by atoms with E-state index in [0.29, 0.717) is 5.82 Å². The van der Waals surface area contributed by atoms with Crippen molar-refractivity contribution in [2.24, 2.45) is 11.3 Å². The summed E-state index contributed by atoms with van der Waals surface area (Å²) in [5.41, 5.74) is -1.88. The highest BCUT2D eigenvalue weighted by molar-refractivity contribution is 7.90. The number of amides is 4. The van der Waals surface area contributed by atoms with Gasteiger partial charge in [0.1, 0.15) is 23.2 Å². The van der Waals surface area contributed by atoms with Crippen LogP contribution in [0.4, 0.5) is 4.79 Å². The minimum Gasteiger partial charge on any atom is -0.444 e. The van der Waals surface area contributed by atoms with E-state index in [-0.39, 0.29) is 24.4 Å². The van der Waals surface area contributed by atoms with E-state index in [0.717, 1.165) is 11.1 Å². The number of benzene rings is 1. The van der Waals surface area contributed by atoms with Crippen LogP contribution in [0.5, 0.6) is 0 Å². The molecule has 3 aromatic rings. The second-order valence-corrected chi connectivity index (χ2v) is 16.9. The Labute approximate surface area is 302 Å². The number of tetrazole rings is 1. The van der Waals surface area contributed by atoms with Gasteiger partial charge in [-0.3, -0.25) is 14.4 Å². The first-order valence-electron chi connectivity index (χ1n) is 16.8. The van der Waals surface area contributed by atoms with Gasteiger partial charge in [0.05, 0.1) is 6.04 Å². The van der Waals surface area contributed by atoms with E-state index in [1.54, 1.807) is 54.5 Å². The molecule has 0 spiro atoms. The Morgan fingerprint density at radius 1 is 1.06 bits per heavy atom. The van der Waals surface area contributed by atoms with Crippen molar-refractivity contribution in [2.45, 2.75) is 95.6 Å². The number of aromatic nitrogens is 5. The number of hydrogen-bond donors (Lipinski definition) is 3. The number of alkyl carbamates (subject to hydrolysis) is 1. The molecule has 1 saturated heterocycles. The van der Waals surface area contributed by atoms with Crippen LogP contribution in [-0.4, -0.2) is 92.1 Å². The fourth-order valence-corrected chi connectivity index (χ4v) is 6.98. The van der Waals surface area contributed by atoms with Gasteiger partial charge < -0.3 is 20.3 Å². The number of ether oxygens (including phenoxy) is 1. The van der Waals surface area contributed by atoms with Gasteiger partial charge in [0.2, 0.25) is 17.6 Å². The fraction of sp³-hybridized carbons (Fsp3) is 0.486. The highest BCUT2D eigenvalue weighted by atomic mass is 32.2. The molecule has 1 aliphatic heterocycles. The molecule has 278 valence electrons. The fourth-order valence-electron chi connectivity index (χ4n) is 6.01. The zero-order valence-electron chi connectivity index (χ0n) is 30.3. The smallest absolute Gasteiger partial charge is 0.408 e. The normalized spacial score (nSPS) is 22.2. The number of carbonyl (C=O) groups excluding carboxylic acids is 4. The Kier molecular flexibility index (Phi) is 10.3. The second kappa shape index (κ2) is 14.1. The van der Waals surface area contributed by atoms with Crippen LogP contribution in [0.2, 0.25) is 0 Å². The first-order chi connectivity index (χ1) is 24.2. The average molecular weight is 736 g/mol. The molecule has 16 nitrogen and oxygen atoms in total. The van der Waals surface area contributed by atoms with Crippen molar-refractivity contribution in [3.8, 4) is 11.4 Å². The third-order valence-electron chi connectivity index (χ3n) is 8.86. The van der Waals surface area contributed by atoms with Gasteiger partial charge in [0.25, 0.3) is 15.9 Å². The van der Waals surface area contributed by atoms with Crippen LogP contribution in [0, 0.1) is 18.3 Å². The average Bonchev–Trinajstić information content (AvgIpc) is 3.35. The largest absolute Gasteiger partial charge is 0.444 e. The molecule has 1 saturated carbocycles. The SMILES string of the molecule is C=C[C@@H]1C[C@]1(NC(=O)[C@@H]1C[C@@H](n2nnc(-c3ccccc3)n2)CN1C(=O)[C@@H](NC(=O)OC(C)(C)C)C(C)(C)C)C(=O)NS(=O)(=O)c1ccc(C)cn1. The van der Waals surface area contributed by atoms with E-state index in [2.05, 4.69) is 42.3 Å². The quantitative estimate of drug-likeness (QED) is 0.258. The lowest BCUT2D eigenvalue weighted by Crippen LogP contribution is -2.60. The summed E-state index contributed by atoms with van der Waals surface area (Å²) in [6, 6.07) is 9.05. The van der Waals surface area contributed by atoms with Gasteiger partial charge in [-0.05, 0) is 56.4 Å². The molecule has 3 N–H and O–H groups in total. The van der Waals surface area contributed by atoms with Crippen molar-refractivity contribution >= 4 is 33.8 Å². The molecular weight excluding hydrogens is 691 g/mol. The summed E-state index contributed by atoms with van der Waals surface area (Å²) >= 11 is 0. The maximum Gasteiger partial charge on any atom is 0.408 e. The van der Waals surface area contributed by atoms with Gasteiger partial charge in [0.15, 0.2) is 5.03 Å². The van der Waals surface area contributed by atoms with Crippen molar-refractivity contribution in [3.63, 3.8) is 0 Å². The number of rotatable bonds is 10. The zero-order chi connectivity index (χ0) is 38.2. The van der Waals surface area contributed by atoms with Crippen LogP contribution in [-0.2, 0) is 29.1 Å².